The van der Waals surface area contributed by atoms with Gasteiger partial charge >= 0.3 is 5.97 Å². The fraction of sp³-hybridized carbons (Fsp3) is 0.588. The van der Waals surface area contributed by atoms with Gasteiger partial charge in [0, 0.05) is 25.5 Å². The van der Waals surface area contributed by atoms with Crippen molar-refractivity contribution in [3.05, 3.63) is 24.3 Å². The van der Waals surface area contributed by atoms with Gasteiger partial charge in [0.15, 0.2) is 0 Å². The molecule has 0 saturated carbocycles. The van der Waals surface area contributed by atoms with Crippen molar-refractivity contribution < 1.29 is 9.53 Å². The molecular formula is C17H28N2O2. The van der Waals surface area contributed by atoms with Gasteiger partial charge in [-0.2, -0.15) is 0 Å². The van der Waals surface area contributed by atoms with E-state index in [1.807, 2.05) is 77.9 Å². The highest BCUT2D eigenvalue weighted by Gasteiger charge is 2.27. The molecule has 0 aliphatic carbocycles. The molecule has 0 saturated heterocycles. The van der Waals surface area contributed by atoms with Crippen molar-refractivity contribution in [1.29, 1.82) is 0 Å². The van der Waals surface area contributed by atoms with Gasteiger partial charge in [0.1, 0.15) is 11.6 Å². The van der Waals surface area contributed by atoms with Gasteiger partial charge in [-0.1, -0.05) is 13.8 Å². The number of esters is 1. The average Bonchev–Trinajstić information content (AvgIpc) is 2.33. The van der Waals surface area contributed by atoms with Gasteiger partial charge in [-0.15, -0.1) is 0 Å². The Morgan fingerprint density at radius 1 is 1.14 bits per heavy atom. The normalized spacial score (nSPS) is 13.0. The van der Waals surface area contributed by atoms with Crippen molar-refractivity contribution in [3.63, 3.8) is 0 Å². The Balaban J connectivity index is 2.81. The molecule has 0 bridgehead atoms. The van der Waals surface area contributed by atoms with E-state index < -0.39 is 5.60 Å². The molecule has 0 aliphatic heterocycles. The lowest BCUT2D eigenvalue weighted by Gasteiger charge is -2.27. The first-order valence-corrected chi connectivity index (χ1v) is 7.37. The van der Waals surface area contributed by atoms with Crippen LogP contribution in [0.5, 0.6) is 0 Å². The molecule has 118 valence electrons. The fourth-order valence-electron chi connectivity index (χ4n) is 1.90. The summed E-state index contributed by atoms with van der Waals surface area (Å²) < 4.78 is 5.49. The Morgan fingerprint density at radius 2 is 1.67 bits per heavy atom. The monoisotopic (exact) mass is 292 g/mol. The zero-order valence-corrected chi connectivity index (χ0v) is 14.2. The van der Waals surface area contributed by atoms with Gasteiger partial charge in [-0.3, -0.25) is 0 Å². The predicted molar refractivity (Wildman–Crippen MR) is 88.9 cm³/mol. The van der Waals surface area contributed by atoms with Crippen LogP contribution in [0, 0.1) is 5.92 Å². The van der Waals surface area contributed by atoms with Gasteiger partial charge in [-0.05, 0) is 51.0 Å². The van der Waals surface area contributed by atoms with E-state index in [-0.39, 0.29) is 17.9 Å². The van der Waals surface area contributed by atoms with Crippen LogP contribution in [0.3, 0.4) is 0 Å². The third kappa shape index (κ3) is 5.66. The number of carbonyl (C=O) groups is 1. The number of rotatable bonds is 5. The molecule has 0 radical (unpaired) electrons. The molecule has 0 spiro atoms. The van der Waals surface area contributed by atoms with Crippen LogP contribution in [-0.2, 0) is 9.53 Å². The van der Waals surface area contributed by atoms with Crippen molar-refractivity contribution in [3.8, 4) is 0 Å². The summed E-state index contributed by atoms with van der Waals surface area (Å²) in [6, 6.07) is 7.66. The van der Waals surface area contributed by atoms with E-state index in [1.54, 1.807) is 0 Å². The van der Waals surface area contributed by atoms with Crippen LogP contribution in [0.25, 0.3) is 0 Å². The molecule has 1 unspecified atom stereocenters. The molecule has 1 atom stereocenters. The first-order valence-electron chi connectivity index (χ1n) is 7.37. The van der Waals surface area contributed by atoms with Crippen LogP contribution < -0.4 is 10.2 Å². The summed E-state index contributed by atoms with van der Waals surface area (Å²) in [7, 11) is 4.00. The molecule has 0 aliphatic rings. The van der Waals surface area contributed by atoms with E-state index in [0.717, 1.165) is 11.4 Å². The molecule has 0 aromatic heterocycles. The van der Waals surface area contributed by atoms with Crippen LogP contribution >= 0.6 is 0 Å². The minimum Gasteiger partial charge on any atom is -0.458 e. The molecule has 21 heavy (non-hydrogen) atoms. The lowest BCUT2D eigenvalue weighted by Crippen LogP contribution is -2.39. The summed E-state index contributed by atoms with van der Waals surface area (Å²) in [6.45, 7) is 9.67. The molecular weight excluding hydrogens is 264 g/mol. The maximum atomic E-state index is 12.3. The van der Waals surface area contributed by atoms with Crippen molar-refractivity contribution in [2.75, 3.05) is 24.3 Å². The van der Waals surface area contributed by atoms with Gasteiger partial charge in [-0.25, -0.2) is 4.79 Å². The highest BCUT2D eigenvalue weighted by atomic mass is 16.6. The highest BCUT2D eigenvalue weighted by Crippen LogP contribution is 2.20. The van der Waals surface area contributed by atoms with E-state index in [4.69, 9.17) is 4.74 Å². The summed E-state index contributed by atoms with van der Waals surface area (Å²) in [5, 5.41) is 3.27. The Bertz CT molecular complexity index is 459. The van der Waals surface area contributed by atoms with Crippen LogP contribution in [0.15, 0.2) is 24.3 Å². The zero-order chi connectivity index (χ0) is 16.2. The summed E-state index contributed by atoms with van der Waals surface area (Å²) in [5.41, 5.74) is 1.57. The second-order valence-corrected chi connectivity index (χ2v) is 6.84. The van der Waals surface area contributed by atoms with E-state index in [2.05, 4.69) is 5.32 Å². The first kappa shape index (κ1) is 17.3. The molecule has 4 heteroatoms. The molecule has 1 aromatic rings. The third-order valence-corrected chi connectivity index (χ3v) is 3.03. The molecule has 0 fully saturated rings. The summed E-state index contributed by atoms with van der Waals surface area (Å²) >= 11 is 0. The van der Waals surface area contributed by atoms with E-state index in [0.29, 0.717) is 0 Å². The quantitative estimate of drug-likeness (QED) is 0.843. The third-order valence-electron chi connectivity index (χ3n) is 3.03. The van der Waals surface area contributed by atoms with E-state index in [9.17, 15) is 4.79 Å². The highest BCUT2D eigenvalue weighted by molar-refractivity contribution is 5.80. The maximum Gasteiger partial charge on any atom is 0.329 e. The van der Waals surface area contributed by atoms with Crippen molar-refractivity contribution in [1.82, 2.24) is 0 Å². The average molecular weight is 292 g/mol. The SMILES string of the molecule is CC(C)C(Nc1ccc(N(C)C)cc1)C(=O)OC(C)(C)C. The molecule has 1 N–H and O–H groups in total. The zero-order valence-electron chi connectivity index (χ0n) is 14.2. The lowest BCUT2D eigenvalue weighted by molar-refractivity contribution is -0.156. The predicted octanol–water partition coefficient (Wildman–Crippen LogP) is 3.53. The second kappa shape index (κ2) is 6.83. The number of hydrogen-bond donors (Lipinski definition) is 1. The lowest BCUT2D eigenvalue weighted by atomic mass is 10.0. The van der Waals surface area contributed by atoms with Crippen LogP contribution in [0.1, 0.15) is 34.6 Å². The number of ether oxygens (including phenoxy) is 1. The van der Waals surface area contributed by atoms with Crippen LogP contribution in [0.4, 0.5) is 11.4 Å². The Kier molecular flexibility index (Phi) is 5.64. The molecule has 1 aromatic carbocycles. The Morgan fingerprint density at radius 3 is 2.05 bits per heavy atom. The fourth-order valence-corrected chi connectivity index (χ4v) is 1.90. The number of nitrogens with zero attached hydrogens (tertiary/aromatic N) is 1. The summed E-state index contributed by atoms with van der Waals surface area (Å²) in [4.78, 5) is 14.3. The molecule has 0 amide bonds. The standard InChI is InChI=1S/C17H28N2O2/c1-12(2)15(16(20)21-17(3,4)5)18-13-8-10-14(11-9-13)19(6)7/h8-12,15,18H,1-7H3. The van der Waals surface area contributed by atoms with Gasteiger partial charge in [0.25, 0.3) is 0 Å². The minimum absolute atomic E-state index is 0.147. The van der Waals surface area contributed by atoms with Crippen molar-refractivity contribution in [2.45, 2.75) is 46.3 Å². The number of anilines is 2. The van der Waals surface area contributed by atoms with Crippen LogP contribution in [0.2, 0.25) is 0 Å². The summed E-state index contributed by atoms with van der Waals surface area (Å²) in [6.07, 6.45) is 0. The Labute approximate surface area is 128 Å². The number of carbonyl (C=O) groups excluding carboxylic acids is 1. The van der Waals surface area contributed by atoms with Gasteiger partial charge in [0.2, 0.25) is 0 Å². The number of hydrogen-bond acceptors (Lipinski definition) is 4. The van der Waals surface area contributed by atoms with Crippen molar-refractivity contribution >= 4 is 17.3 Å². The van der Waals surface area contributed by atoms with E-state index in [1.165, 1.54) is 0 Å². The minimum atomic E-state index is -0.472. The molecule has 1 rings (SSSR count). The van der Waals surface area contributed by atoms with Crippen molar-refractivity contribution in [2.24, 2.45) is 5.92 Å². The topological polar surface area (TPSA) is 41.6 Å². The molecule has 4 nitrogen and oxygen atoms in total. The molecule has 0 heterocycles. The second-order valence-electron chi connectivity index (χ2n) is 6.84. The summed E-state index contributed by atoms with van der Waals surface area (Å²) in [5.74, 6) is -0.0671. The largest absolute Gasteiger partial charge is 0.458 e. The van der Waals surface area contributed by atoms with Gasteiger partial charge in [0.05, 0.1) is 0 Å². The maximum absolute atomic E-state index is 12.3. The van der Waals surface area contributed by atoms with E-state index >= 15 is 0 Å². The Hall–Kier alpha value is -1.71. The van der Waals surface area contributed by atoms with Gasteiger partial charge < -0.3 is 15.0 Å². The number of benzene rings is 1. The smallest absolute Gasteiger partial charge is 0.329 e. The first-order chi connectivity index (χ1) is 9.60. The number of nitrogens with one attached hydrogen (secondary N) is 1. The van der Waals surface area contributed by atoms with Crippen LogP contribution in [-0.4, -0.2) is 31.7 Å².